The summed E-state index contributed by atoms with van der Waals surface area (Å²) < 4.78 is 4.78. The summed E-state index contributed by atoms with van der Waals surface area (Å²) in [6.07, 6.45) is 1.78. The summed E-state index contributed by atoms with van der Waals surface area (Å²) in [6.45, 7) is 6.30. The third kappa shape index (κ3) is 3.03. The molecule has 0 atom stereocenters. The minimum absolute atomic E-state index is 0.0856. The molecule has 0 unspecified atom stereocenters. The smallest absolute Gasteiger partial charge is 0.143 e. The fourth-order valence-electron chi connectivity index (χ4n) is 1.34. The zero-order valence-electron chi connectivity index (χ0n) is 10.1. The van der Waals surface area contributed by atoms with Crippen LogP contribution >= 0.6 is 61.1 Å². The van der Waals surface area contributed by atoms with Crippen LogP contribution < -0.4 is 0 Å². The van der Waals surface area contributed by atoms with Gasteiger partial charge in [-0.1, -0.05) is 20.8 Å². The van der Waals surface area contributed by atoms with Gasteiger partial charge in [-0.2, -0.15) is 0 Å². The van der Waals surface area contributed by atoms with Gasteiger partial charge in [-0.05, 0) is 61.1 Å². The number of nitrogens with zero attached hydrogens (tertiary/aromatic N) is 4. The van der Waals surface area contributed by atoms with Crippen LogP contribution in [0.4, 0.5) is 0 Å². The molecule has 0 N–H and O–H groups in total. The molecule has 18 heavy (non-hydrogen) atoms. The van der Waals surface area contributed by atoms with E-state index >= 15 is 0 Å². The molecule has 0 bridgehead atoms. The van der Waals surface area contributed by atoms with Crippen molar-refractivity contribution < 1.29 is 0 Å². The maximum absolute atomic E-state index is 4.62. The topological polar surface area (TPSA) is 43.6 Å². The van der Waals surface area contributed by atoms with Crippen molar-refractivity contribution in [3.63, 3.8) is 0 Å². The first-order valence-corrected chi connectivity index (χ1v) is 8.18. The van der Waals surface area contributed by atoms with Crippen LogP contribution in [-0.4, -0.2) is 19.5 Å². The average molecular weight is 533 g/mol. The Morgan fingerprint density at radius 3 is 2.39 bits per heavy atom. The van der Waals surface area contributed by atoms with E-state index in [1.807, 2.05) is 10.6 Å². The van der Waals surface area contributed by atoms with E-state index in [2.05, 4.69) is 96.8 Å². The zero-order chi connectivity index (χ0) is 13.5. The lowest BCUT2D eigenvalue weighted by Gasteiger charge is -2.17. The van der Waals surface area contributed by atoms with E-state index in [-0.39, 0.29) is 5.41 Å². The Hall–Kier alpha value is 0.230. The minimum atomic E-state index is -0.0856. The first-order chi connectivity index (χ1) is 8.29. The predicted octanol–water partition coefficient (Wildman–Crippen LogP) is 3.93. The summed E-state index contributed by atoms with van der Waals surface area (Å²) in [4.78, 5) is 13.3. The van der Waals surface area contributed by atoms with Gasteiger partial charge in [0.25, 0.3) is 0 Å². The normalized spacial score (nSPS) is 11.9. The van der Waals surface area contributed by atoms with Gasteiger partial charge in [-0.3, -0.25) is 4.57 Å². The van der Waals surface area contributed by atoms with E-state index in [4.69, 9.17) is 0 Å². The summed E-state index contributed by atoms with van der Waals surface area (Å²) >= 11 is 7.92. The SMILES string of the molecule is CC(C)(C)c1nc(Br)cc(-n2cnc(I)c2I)n1. The van der Waals surface area contributed by atoms with Crippen molar-refractivity contribution in [3.05, 3.63) is 30.2 Å². The molecule has 2 heterocycles. The highest BCUT2D eigenvalue weighted by molar-refractivity contribution is 14.1. The molecule has 0 spiro atoms. The Balaban J connectivity index is 2.59. The molecule has 2 aromatic rings. The second-order valence-corrected chi connectivity index (χ2v) is 7.67. The summed E-state index contributed by atoms with van der Waals surface area (Å²) in [5.41, 5.74) is -0.0856. The number of aromatic nitrogens is 4. The quantitative estimate of drug-likeness (QED) is 0.413. The zero-order valence-corrected chi connectivity index (χ0v) is 16.0. The van der Waals surface area contributed by atoms with Crippen molar-refractivity contribution in [1.82, 2.24) is 19.5 Å². The average Bonchev–Trinajstić information content (AvgIpc) is 2.58. The van der Waals surface area contributed by atoms with Gasteiger partial charge in [-0.25, -0.2) is 15.0 Å². The molecule has 2 aromatic heterocycles. The van der Waals surface area contributed by atoms with Crippen LogP contribution in [0.1, 0.15) is 26.6 Å². The molecule has 96 valence electrons. The largest absolute Gasteiger partial charge is 0.277 e. The van der Waals surface area contributed by atoms with E-state index in [9.17, 15) is 0 Å². The maximum Gasteiger partial charge on any atom is 0.143 e. The molecule has 4 nitrogen and oxygen atoms in total. The molecule has 0 fully saturated rings. The first-order valence-electron chi connectivity index (χ1n) is 5.23. The summed E-state index contributed by atoms with van der Waals surface area (Å²) in [5.74, 6) is 1.65. The fraction of sp³-hybridized carbons (Fsp3) is 0.364. The minimum Gasteiger partial charge on any atom is -0.277 e. The fourth-order valence-corrected chi connectivity index (χ4v) is 2.60. The molecular formula is C11H11BrI2N4. The third-order valence-corrected chi connectivity index (χ3v) is 5.53. The van der Waals surface area contributed by atoms with Crippen molar-refractivity contribution >= 4 is 61.1 Å². The summed E-state index contributed by atoms with van der Waals surface area (Å²) in [5, 5.41) is 0. The van der Waals surface area contributed by atoms with Crippen LogP contribution in [0.2, 0.25) is 0 Å². The lowest BCUT2D eigenvalue weighted by molar-refractivity contribution is 0.541. The van der Waals surface area contributed by atoms with Crippen LogP contribution in [0.5, 0.6) is 0 Å². The predicted molar refractivity (Wildman–Crippen MR) is 91.0 cm³/mol. The van der Waals surface area contributed by atoms with Gasteiger partial charge in [0.1, 0.15) is 30.0 Å². The van der Waals surface area contributed by atoms with E-state index in [1.54, 1.807) is 6.33 Å². The van der Waals surface area contributed by atoms with Crippen LogP contribution in [0.15, 0.2) is 17.0 Å². The van der Waals surface area contributed by atoms with Crippen molar-refractivity contribution in [2.24, 2.45) is 0 Å². The highest BCUT2D eigenvalue weighted by Gasteiger charge is 2.20. The molecule has 0 radical (unpaired) electrons. The highest BCUT2D eigenvalue weighted by Crippen LogP contribution is 2.24. The van der Waals surface area contributed by atoms with Gasteiger partial charge >= 0.3 is 0 Å². The summed E-state index contributed by atoms with van der Waals surface area (Å²) in [7, 11) is 0. The number of imidazole rings is 1. The van der Waals surface area contributed by atoms with Crippen LogP contribution in [0, 0.1) is 7.40 Å². The monoisotopic (exact) mass is 532 g/mol. The number of hydrogen-bond acceptors (Lipinski definition) is 3. The molecule has 0 aliphatic carbocycles. The highest BCUT2D eigenvalue weighted by atomic mass is 127. The lowest BCUT2D eigenvalue weighted by atomic mass is 9.96. The molecular weight excluding hydrogens is 522 g/mol. The second kappa shape index (κ2) is 5.31. The van der Waals surface area contributed by atoms with Crippen LogP contribution in [0.3, 0.4) is 0 Å². The van der Waals surface area contributed by atoms with E-state index in [0.29, 0.717) is 0 Å². The maximum atomic E-state index is 4.62. The number of hydrogen-bond donors (Lipinski definition) is 0. The van der Waals surface area contributed by atoms with Gasteiger partial charge in [0.2, 0.25) is 0 Å². The van der Waals surface area contributed by atoms with E-state index in [1.165, 1.54) is 0 Å². The van der Waals surface area contributed by atoms with Gasteiger partial charge < -0.3 is 0 Å². The Bertz CT molecular complexity index is 589. The molecule has 0 saturated carbocycles. The van der Waals surface area contributed by atoms with Crippen molar-refractivity contribution in [1.29, 1.82) is 0 Å². The number of halogens is 3. The second-order valence-electron chi connectivity index (χ2n) is 4.82. The Labute approximate surface area is 141 Å². The van der Waals surface area contributed by atoms with Gasteiger partial charge in [-0.15, -0.1) is 0 Å². The molecule has 0 aliphatic heterocycles. The van der Waals surface area contributed by atoms with Crippen molar-refractivity contribution in [3.8, 4) is 5.82 Å². The van der Waals surface area contributed by atoms with Crippen LogP contribution in [0.25, 0.3) is 5.82 Å². The summed E-state index contributed by atoms with van der Waals surface area (Å²) in [6, 6.07) is 1.90. The Kier molecular flexibility index (Phi) is 4.32. The number of rotatable bonds is 1. The van der Waals surface area contributed by atoms with E-state index in [0.717, 1.165) is 23.6 Å². The van der Waals surface area contributed by atoms with Crippen LogP contribution in [-0.2, 0) is 5.41 Å². The molecule has 0 aromatic carbocycles. The lowest BCUT2D eigenvalue weighted by Crippen LogP contribution is -2.17. The van der Waals surface area contributed by atoms with E-state index < -0.39 is 0 Å². The third-order valence-electron chi connectivity index (χ3n) is 2.27. The molecule has 0 aliphatic rings. The van der Waals surface area contributed by atoms with Gasteiger partial charge in [0.15, 0.2) is 0 Å². The standard InChI is InChI=1S/C11H11BrI2N4/c1-11(2,3)10-16-6(12)4-7(17-10)18-5-15-8(13)9(18)14/h4-5H,1-3H3. The van der Waals surface area contributed by atoms with Gasteiger partial charge in [0, 0.05) is 11.5 Å². The first kappa shape index (κ1) is 14.6. The molecule has 0 saturated heterocycles. The van der Waals surface area contributed by atoms with Crippen molar-refractivity contribution in [2.75, 3.05) is 0 Å². The van der Waals surface area contributed by atoms with Gasteiger partial charge in [0.05, 0.1) is 0 Å². The molecule has 2 rings (SSSR count). The molecule has 0 amide bonds. The Morgan fingerprint density at radius 1 is 1.22 bits per heavy atom. The Morgan fingerprint density at radius 2 is 1.89 bits per heavy atom. The molecule has 7 heteroatoms. The van der Waals surface area contributed by atoms with Crippen molar-refractivity contribution in [2.45, 2.75) is 26.2 Å².